The van der Waals surface area contributed by atoms with Gasteiger partial charge < -0.3 is 14.4 Å². The summed E-state index contributed by atoms with van der Waals surface area (Å²) < 4.78 is 11.0. The molecule has 2 aliphatic rings. The van der Waals surface area contributed by atoms with Crippen LogP contribution >= 0.6 is 0 Å². The number of benzene rings is 1. The first-order valence-corrected chi connectivity index (χ1v) is 7.53. The van der Waals surface area contributed by atoms with Gasteiger partial charge in [-0.3, -0.25) is 10.1 Å². The summed E-state index contributed by atoms with van der Waals surface area (Å²) in [5, 5.41) is 3.29. The van der Waals surface area contributed by atoms with Crippen LogP contribution in [0.5, 0.6) is 5.75 Å². The Labute approximate surface area is 125 Å². The van der Waals surface area contributed by atoms with Crippen molar-refractivity contribution in [2.24, 2.45) is 5.92 Å². The van der Waals surface area contributed by atoms with E-state index in [1.807, 2.05) is 29.2 Å². The third-order valence-electron chi connectivity index (χ3n) is 4.22. The average Bonchev–Trinajstić information content (AvgIpc) is 2.89. The second-order valence-corrected chi connectivity index (χ2v) is 5.65. The maximum atomic E-state index is 12.2. The smallest absolute Gasteiger partial charge is 0.238 e. The first-order chi connectivity index (χ1) is 10.3. The Morgan fingerprint density at radius 1 is 1.43 bits per heavy atom. The minimum absolute atomic E-state index is 0.101. The Balaban J connectivity index is 1.78. The van der Waals surface area contributed by atoms with Crippen molar-refractivity contribution in [2.75, 3.05) is 33.4 Å². The van der Waals surface area contributed by atoms with Crippen LogP contribution in [0.25, 0.3) is 0 Å². The SMILES string of the molecule is COc1ccccc1C1NCC(=O)N1CC1CCCOC1. The lowest BCUT2D eigenvalue weighted by atomic mass is 10.0. The summed E-state index contributed by atoms with van der Waals surface area (Å²) in [5.74, 6) is 1.39. The van der Waals surface area contributed by atoms with E-state index in [-0.39, 0.29) is 12.1 Å². The van der Waals surface area contributed by atoms with E-state index in [0.717, 1.165) is 43.9 Å². The molecule has 2 atom stereocenters. The van der Waals surface area contributed by atoms with E-state index in [1.165, 1.54) is 0 Å². The first kappa shape index (κ1) is 14.4. The van der Waals surface area contributed by atoms with Crippen molar-refractivity contribution in [1.82, 2.24) is 10.2 Å². The zero-order valence-electron chi connectivity index (χ0n) is 12.4. The van der Waals surface area contributed by atoms with Gasteiger partial charge in [-0.1, -0.05) is 18.2 Å². The third kappa shape index (κ3) is 3.04. The molecule has 114 valence electrons. The van der Waals surface area contributed by atoms with Crippen molar-refractivity contribution in [2.45, 2.75) is 19.0 Å². The maximum absolute atomic E-state index is 12.2. The minimum atomic E-state index is -0.101. The van der Waals surface area contributed by atoms with Crippen molar-refractivity contribution in [3.63, 3.8) is 0 Å². The molecule has 0 saturated carbocycles. The normalized spacial score (nSPS) is 26.1. The van der Waals surface area contributed by atoms with Crippen LogP contribution in [-0.4, -0.2) is 44.2 Å². The molecule has 1 aromatic rings. The molecule has 2 heterocycles. The number of para-hydroxylation sites is 1. The van der Waals surface area contributed by atoms with E-state index in [2.05, 4.69) is 5.32 Å². The molecule has 2 unspecified atom stereocenters. The van der Waals surface area contributed by atoms with Gasteiger partial charge in [0.1, 0.15) is 11.9 Å². The highest BCUT2D eigenvalue weighted by Gasteiger charge is 2.34. The molecule has 0 spiro atoms. The van der Waals surface area contributed by atoms with E-state index in [0.29, 0.717) is 12.5 Å². The number of methoxy groups -OCH3 is 1. The Kier molecular flexibility index (Phi) is 4.41. The molecule has 0 aliphatic carbocycles. The van der Waals surface area contributed by atoms with Crippen LogP contribution < -0.4 is 10.1 Å². The van der Waals surface area contributed by atoms with Crippen LogP contribution in [0.2, 0.25) is 0 Å². The van der Waals surface area contributed by atoms with E-state index in [9.17, 15) is 4.79 Å². The summed E-state index contributed by atoms with van der Waals surface area (Å²) in [6.45, 7) is 2.73. The van der Waals surface area contributed by atoms with Crippen LogP contribution in [0.1, 0.15) is 24.6 Å². The third-order valence-corrected chi connectivity index (χ3v) is 4.22. The van der Waals surface area contributed by atoms with Crippen LogP contribution in [-0.2, 0) is 9.53 Å². The quantitative estimate of drug-likeness (QED) is 0.914. The van der Waals surface area contributed by atoms with Gasteiger partial charge in [-0.2, -0.15) is 0 Å². The fourth-order valence-corrected chi connectivity index (χ4v) is 3.15. The monoisotopic (exact) mass is 290 g/mol. The number of carbonyl (C=O) groups excluding carboxylic acids is 1. The molecule has 5 heteroatoms. The van der Waals surface area contributed by atoms with E-state index < -0.39 is 0 Å². The topological polar surface area (TPSA) is 50.8 Å². The predicted octanol–water partition coefficient (Wildman–Crippen LogP) is 1.55. The summed E-state index contributed by atoms with van der Waals surface area (Å²) in [4.78, 5) is 14.1. The number of hydrogen-bond acceptors (Lipinski definition) is 4. The van der Waals surface area contributed by atoms with Crippen LogP contribution in [0.3, 0.4) is 0 Å². The van der Waals surface area contributed by atoms with Crippen LogP contribution in [0.4, 0.5) is 0 Å². The van der Waals surface area contributed by atoms with Crippen LogP contribution in [0, 0.1) is 5.92 Å². The lowest BCUT2D eigenvalue weighted by molar-refractivity contribution is -0.129. The number of amides is 1. The Hall–Kier alpha value is -1.59. The molecule has 1 N–H and O–H groups in total. The Morgan fingerprint density at radius 2 is 2.29 bits per heavy atom. The fraction of sp³-hybridized carbons (Fsp3) is 0.562. The predicted molar refractivity (Wildman–Crippen MR) is 79.0 cm³/mol. The molecule has 21 heavy (non-hydrogen) atoms. The zero-order chi connectivity index (χ0) is 14.7. The van der Waals surface area contributed by atoms with Crippen molar-refractivity contribution in [1.29, 1.82) is 0 Å². The van der Waals surface area contributed by atoms with Crippen molar-refractivity contribution in [3.05, 3.63) is 29.8 Å². The zero-order valence-corrected chi connectivity index (χ0v) is 12.4. The Morgan fingerprint density at radius 3 is 3.05 bits per heavy atom. The molecule has 2 aliphatic heterocycles. The number of ether oxygens (including phenoxy) is 2. The number of rotatable bonds is 4. The summed E-state index contributed by atoms with van der Waals surface area (Å²) >= 11 is 0. The molecule has 0 bridgehead atoms. The second kappa shape index (κ2) is 6.45. The second-order valence-electron chi connectivity index (χ2n) is 5.65. The Bertz CT molecular complexity index is 500. The molecule has 1 aromatic carbocycles. The summed E-state index contributed by atoms with van der Waals surface area (Å²) in [6, 6.07) is 7.86. The molecule has 2 saturated heterocycles. The molecule has 5 nitrogen and oxygen atoms in total. The summed E-state index contributed by atoms with van der Waals surface area (Å²) in [7, 11) is 1.66. The molecule has 1 amide bonds. The lowest BCUT2D eigenvalue weighted by Gasteiger charge is -2.31. The number of nitrogens with one attached hydrogen (secondary N) is 1. The maximum Gasteiger partial charge on any atom is 0.238 e. The van der Waals surface area contributed by atoms with E-state index >= 15 is 0 Å². The highest BCUT2D eigenvalue weighted by molar-refractivity contribution is 5.81. The summed E-state index contributed by atoms with van der Waals surface area (Å²) in [5.41, 5.74) is 1.02. The van der Waals surface area contributed by atoms with Gasteiger partial charge in [-0.25, -0.2) is 0 Å². The van der Waals surface area contributed by atoms with Crippen molar-refractivity contribution in [3.8, 4) is 5.75 Å². The van der Waals surface area contributed by atoms with Gasteiger partial charge in [0, 0.05) is 24.6 Å². The van der Waals surface area contributed by atoms with Crippen LogP contribution in [0.15, 0.2) is 24.3 Å². The van der Waals surface area contributed by atoms with E-state index in [1.54, 1.807) is 7.11 Å². The van der Waals surface area contributed by atoms with Gasteiger partial charge in [0.15, 0.2) is 0 Å². The van der Waals surface area contributed by atoms with Crippen molar-refractivity contribution < 1.29 is 14.3 Å². The molecular formula is C16H22N2O3. The fourth-order valence-electron chi connectivity index (χ4n) is 3.15. The molecule has 2 fully saturated rings. The van der Waals surface area contributed by atoms with Gasteiger partial charge in [0.25, 0.3) is 0 Å². The van der Waals surface area contributed by atoms with Gasteiger partial charge >= 0.3 is 0 Å². The highest BCUT2D eigenvalue weighted by Crippen LogP contribution is 2.31. The van der Waals surface area contributed by atoms with Crippen molar-refractivity contribution >= 4 is 5.91 Å². The highest BCUT2D eigenvalue weighted by atomic mass is 16.5. The van der Waals surface area contributed by atoms with Gasteiger partial charge in [0.05, 0.1) is 20.3 Å². The van der Waals surface area contributed by atoms with Gasteiger partial charge in [0.2, 0.25) is 5.91 Å². The minimum Gasteiger partial charge on any atom is -0.496 e. The number of hydrogen-bond donors (Lipinski definition) is 1. The van der Waals surface area contributed by atoms with Gasteiger partial charge in [-0.05, 0) is 18.9 Å². The first-order valence-electron chi connectivity index (χ1n) is 7.53. The number of carbonyl (C=O) groups is 1. The summed E-state index contributed by atoms with van der Waals surface area (Å²) in [6.07, 6.45) is 2.11. The molecule has 0 radical (unpaired) electrons. The molecular weight excluding hydrogens is 268 g/mol. The number of nitrogens with zero attached hydrogens (tertiary/aromatic N) is 1. The molecule has 3 rings (SSSR count). The molecule has 0 aromatic heterocycles. The van der Waals surface area contributed by atoms with Gasteiger partial charge in [-0.15, -0.1) is 0 Å². The standard InChI is InChI=1S/C16H22N2O3/c1-20-14-7-3-2-6-13(14)16-17-9-15(19)18(16)10-12-5-4-8-21-11-12/h2-3,6-7,12,16-17H,4-5,8-11H2,1H3. The largest absolute Gasteiger partial charge is 0.496 e. The van der Waals surface area contributed by atoms with E-state index in [4.69, 9.17) is 9.47 Å². The lowest BCUT2D eigenvalue weighted by Crippen LogP contribution is -2.37. The average molecular weight is 290 g/mol.